The first-order chi connectivity index (χ1) is 13.0. The van der Waals surface area contributed by atoms with Crippen molar-refractivity contribution in [2.75, 3.05) is 5.73 Å². The number of rotatable bonds is 4. The highest BCUT2D eigenvalue weighted by molar-refractivity contribution is 7.98. The average molecular weight is 395 g/mol. The number of thioether (sulfide) groups is 1. The van der Waals surface area contributed by atoms with E-state index >= 15 is 0 Å². The fraction of sp³-hybridized carbons (Fsp3) is 0.0500. The van der Waals surface area contributed by atoms with E-state index < -0.39 is 5.82 Å². The van der Waals surface area contributed by atoms with Crippen LogP contribution in [0, 0.1) is 28.5 Å². The summed E-state index contributed by atoms with van der Waals surface area (Å²) in [6.45, 7) is 0. The second-order valence-corrected chi connectivity index (χ2v) is 6.97. The lowest BCUT2D eigenvalue weighted by molar-refractivity contribution is 0.628. The average Bonchev–Trinajstić information content (AvgIpc) is 2.67. The molecule has 2 aromatic carbocycles. The minimum absolute atomic E-state index is 0.0365. The van der Waals surface area contributed by atoms with Crippen molar-refractivity contribution in [3.8, 4) is 23.3 Å². The van der Waals surface area contributed by atoms with Gasteiger partial charge in [0.15, 0.2) is 0 Å². The number of halogens is 2. The normalized spacial score (nSPS) is 10.2. The first-order valence-corrected chi connectivity index (χ1v) is 9.16. The molecule has 27 heavy (non-hydrogen) atoms. The molecule has 0 radical (unpaired) electrons. The molecule has 0 fully saturated rings. The molecule has 3 rings (SSSR count). The van der Waals surface area contributed by atoms with Crippen LogP contribution in [0.4, 0.5) is 10.2 Å². The summed E-state index contributed by atoms with van der Waals surface area (Å²) < 4.78 is 13.3. The Kier molecular flexibility index (Phi) is 5.61. The number of aromatic nitrogens is 1. The molecule has 0 spiro atoms. The predicted octanol–water partition coefficient (Wildman–Crippen LogP) is 5.16. The molecule has 0 aliphatic carbocycles. The number of pyridine rings is 1. The lowest BCUT2D eigenvalue weighted by atomic mass is 9.97. The topological polar surface area (TPSA) is 86.5 Å². The van der Waals surface area contributed by atoms with Gasteiger partial charge in [0.05, 0.1) is 5.56 Å². The fourth-order valence-corrected chi connectivity index (χ4v) is 3.62. The molecule has 3 aromatic rings. The van der Waals surface area contributed by atoms with E-state index in [1.54, 1.807) is 12.1 Å². The maximum atomic E-state index is 13.3. The molecule has 4 nitrogen and oxygen atoms in total. The Morgan fingerprint density at radius 1 is 1.00 bits per heavy atom. The molecule has 7 heteroatoms. The van der Waals surface area contributed by atoms with Crippen molar-refractivity contribution in [1.29, 1.82) is 10.5 Å². The summed E-state index contributed by atoms with van der Waals surface area (Å²) in [4.78, 5) is 4.25. The molecule has 132 valence electrons. The number of hydrogen-bond acceptors (Lipinski definition) is 5. The summed E-state index contributed by atoms with van der Waals surface area (Å²) in [5.41, 5.74) is 8.21. The van der Waals surface area contributed by atoms with Crippen molar-refractivity contribution in [3.05, 3.63) is 76.1 Å². The third kappa shape index (κ3) is 4.03. The maximum absolute atomic E-state index is 13.3. The molecular weight excluding hydrogens is 383 g/mol. The van der Waals surface area contributed by atoms with Crippen molar-refractivity contribution in [2.45, 2.75) is 10.8 Å². The largest absolute Gasteiger partial charge is 0.383 e. The van der Waals surface area contributed by atoms with E-state index in [4.69, 9.17) is 17.3 Å². The summed E-state index contributed by atoms with van der Waals surface area (Å²) in [6.07, 6.45) is 0. The van der Waals surface area contributed by atoms with Crippen LogP contribution in [-0.4, -0.2) is 4.98 Å². The number of anilines is 1. The zero-order valence-corrected chi connectivity index (χ0v) is 15.5. The van der Waals surface area contributed by atoms with E-state index in [1.165, 1.54) is 36.0 Å². The zero-order chi connectivity index (χ0) is 19.4. The van der Waals surface area contributed by atoms with Gasteiger partial charge in [-0.15, -0.1) is 11.8 Å². The van der Waals surface area contributed by atoms with Gasteiger partial charge in [-0.2, -0.15) is 10.5 Å². The third-order valence-corrected chi connectivity index (χ3v) is 5.14. The van der Waals surface area contributed by atoms with Gasteiger partial charge >= 0.3 is 0 Å². The molecule has 0 amide bonds. The number of hydrogen-bond donors (Lipinski definition) is 1. The van der Waals surface area contributed by atoms with Gasteiger partial charge in [-0.3, -0.25) is 0 Å². The molecule has 0 aliphatic heterocycles. The molecule has 0 saturated heterocycles. The molecule has 0 saturated carbocycles. The van der Waals surface area contributed by atoms with Crippen LogP contribution in [0.2, 0.25) is 5.02 Å². The molecule has 0 atom stereocenters. The Bertz CT molecular complexity index is 1070. The van der Waals surface area contributed by atoms with Crippen LogP contribution in [0.15, 0.2) is 53.6 Å². The lowest BCUT2D eigenvalue weighted by Gasteiger charge is -2.13. The van der Waals surface area contributed by atoms with Crippen molar-refractivity contribution in [2.24, 2.45) is 0 Å². The summed E-state index contributed by atoms with van der Waals surface area (Å²) >= 11 is 7.23. The quantitative estimate of drug-likeness (QED) is 0.617. The minimum Gasteiger partial charge on any atom is -0.383 e. The second kappa shape index (κ2) is 8.09. The minimum atomic E-state index is -0.407. The van der Waals surface area contributed by atoms with Gasteiger partial charge in [-0.25, -0.2) is 9.37 Å². The fourth-order valence-electron chi connectivity index (χ4n) is 2.54. The van der Waals surface area contributed by atoms with Gasteiger partial charge in [0, 0.05) is 16.3 Å². The van der Waals surface area contributed by atoms with Crippen LogP contribution >= 0.6 is 23.4 Å². The van der Waals surface area contributed by atoms with Gasteiger partial charge in [-0.1, -0.05) is 35.9 Å². The Balaban J connectivity index is 2.07. The first-order valence-electron chi connectivity index (χ1n) is 7.80. The Morgan fingerprint density at radius 2 is 1.63 bits per heavy atom. The Labute approximate surface area is 165 Å². The predicted molar refractivity (Wildman–Crippen MR) is 104 cm³/mol. The van der Waals surface area contributed by atoms with Crippen LogP contribution in [0.1, 0.15) is 16.7 Å². The van der Waals surface area contributed by atoms with E-state index in [0.29, 0.717) is 26.9 Å². The zero-order valence-electron chi connectivity index (χ0n) is 13.9. The van der Waals surface area contributed by atoms with Crippen LogP contribution in [0.5, 0.6) is 0 Å². The summed E-state index contributed by atoms with van der Waals surface area (Å²) in [5, 5.41) is 20.3. The SMILES string of the molecule is N#Cc1c(N)nc(SCc2ccc(Cl)cc2)c(C#N)c1-c1ccc(F)cc1. The number of nitrogens with two attached hydrogens (primary N) is 1. The first kappa shape index (κ1) is 18.7. The number of nitrogens with zero attached hydrogens (tertiary/aromatic N) is 3. The van der Waals surface area contributed by atoms with E-state index in [0.717, 1.165) is 5.56 Å². The molecule has 1 aromatic heterocycles. The molecule has 0 unspecified atom stereocenters. The Hall–Kier alpha value is -3.06. The monoisotopic (exact) mass is 394 g/mol. The summed E-state index contributed by atoms with van der Waals surface area (Å²) in [5.74, 6) is 0.178. The third-order valence-electron chi connectivity index (χ3n) is 3.84. The maximum Gasteiger partial charge on any atom is 0.143 e. The van der Waals surface area contributed by atoms with Crippen LogP contribution in [-0.2, 0) is 5.75 Å². The van der Waals surface area contributed by atoms with Crippen molar-refractivity contribution < 1.29 is 4.39 Å². The van der Waals surface area contributed by atoms with Crippen LogP contribution < -0.4 is 5.73 Å². The second-order valence-electron chi connectivity index (χ2n) is 5.57. The molecule has 0 aliphatic rings. The Morgan fingerprint density at radius 3 is 2.22 bits per heavy atom. The van der Waals surface area contributed by atoms with Gasteiger partial charge in [0.1, 0.15) is 34.4 Å². The number of benzene rings is 2. The highest BCUT2D eigenvalue weighted by Crippen LogP contribution is 2.36. The molecule has 2 N–H and O–H groups in total. The van der Waals surface area contributed by atoms with Gasteiger partial charge in [0.25, 0.3) is 0 Å². The highest BCUT2D eigenvalue weighted by Gasteiger charge is 2.20. The van der Waals surface area contributed by atoms with Gasteiger partial charge < -0.3 is 5.73 Å². The highest BCUT2D eigenvalue weighted by atomic mass is 35.5. The van der Waals surface area contributed by atoms with E-state index in [1.807, 2.05) is 18.2 Å². The van der Waals surface area contributed by atoms with E-state index in [-0.39, 0.29) is 16.9 Å². The van der Waals surface area contributed by atoms with Crippen LogP contribution in [0.3, 0.4) is 0 Å². The van der Waals surface area contributed by atoms with Gasteiger partial charge in [-0.05, 0) is 35.4 Å². The van der Waals surface area contributed by atoms with E-state index in [2.05, 4.69) is 11.1 Å². The lowest BCUT2D eigenvalue weighted by Crippen LogP contribution is -2.03. The summed E-state index contributed by atoms with van der Waals surface area (Å²) in [6, 6.07) is 17.0. The smallest absolute Gasteiger partial charge is 0.143 e. The molecule has 0 bridgehead atoms. The molecular formula is C20H12ClFN4S. The van der Waals surface area contributed by atoms with Crippen molar-refractivity contribution in [1.82, 2.24) is 4.98 Å². The van der Waals surface area contributed by atoms with Gasteiger partial charge in [0.2, 0.25) is 0 Å². The van der Waals surface area contributed by atoms with E-state index in [9.17, 15) is 14.9 Å². The van der Waals surface area contributed by atoms with Crippen molar-refractivity contribution in [3.63, 3.8) is 0 Å². The van der Waals surface area contributed by atoms with Crippen molar-refractivity contribution >= 4 is 29.2 Å². The number of nitriles is 2. The molecule has 1 heterocycles. The van der Waals surface area contributed by atoms with Crippen LogP contribution in [0.25, 0.3) is 11.1 Å². The number of nitrogen functional groups attached to an aromatic ring is 1. The standard InChI is InChI=1S/C20H12ClFN4S/c21-14-5-1-12(2-6-14)11-27-20-17(10-24)18(16(9-23)19(25)26-20)13-3-7-15(22)8-4-13/h1-8H,11H2,(H2,25,26). The summed E-state index contributed by atoms with van der Waals surface area (Å²) in [7, 11) is 0.